The molecule has 9 heteroatoms. The van der Waals surface area contributed by atoms with Gasteiger partial charge in [-0.05, 0) is 54.4 Å². The van der Waals surface area contributed by atoms with Gasteiger partial charge in [0.05, 0.1) is 23.0 Å². The molecule has 0 aliphatic carbocycles. The Morgan fingerprint density at radius 3 is 2.66 bits per heavy atom. The van der Waals surface area contributed by atoms with Gasteiger partial charge >= 0.3 is 0 Å². The van der Waals surface area contributed by atoms with Crippen LogP contribution >= 0.6 is 23.3 Å². The van der Waals surface area contributed by atoms with Crippen molar-refractivity contribution in [2.24, 2.45) is 0 Å². The van der Waals surface area contributed by atoms with Gasteiger partial charge in [-0.15, -0.1) is 11.3 Å². The van der Waals surface area contributed by atoms with Crippen molar-refractivity contribution in [1.82, 2.24) is 15.0 Å². The standard InChI is InChI=1S/C26H16FN5OS2/c27-20-5-1-3-17(9-20)23-11-22(18-4-2-8-29-13-18)25(14-30-23)33-24-7-6-21(10-19(24)12-28)35-32-26-15-34-16-31-26/h1-11,13-16,32H. The van der Waals surface area contributed by atoms with Crippen molar-refractivity contribution < 1.29 is 9.13 Å². The van der Waals surface area contributed by atoms with E-state index in [-0.39, 0.29) is 5.82 Å². The zero-order chi connectivity index (χ0) is 24.0. The highest BCUT2D eigenvalue weighted by atomic mass is 32.2. The lowest BCUT2D eigenvalue weighted by atomic mass is 10.0. The fourth-order valence-corrected chi connectivity index (χ4v) is 4.52. The Morgan fingerprint density at radius 1 is 0.971 bits per heavy atom. The number of nitriles is 1. The van der Waals surface area contributed by atoms with Gasteiger partial charge < -0.3 is 9.46 Å². The van der Waals surface area contributed by atoms with Crippen LogP contribution in [-0.2, 0) is 0 Å². The van der Waals surface area contributed by atoms with Crippen molar-refractivity contribution in [2.45, 2.75) is 4.90 Å². The van der Waals surface area contributed by atoms with Gasteiger partial charge in [-0.3, -0.25) is 9.97 Å². The van der Waals surface area contributed by atoms with Crippen molar-refractivity contribution in [1.29, 1.82) is 5.26 Å². The highest BCUT2D eigenvalue weighted by molar-refractivity contribution is 8.00. The minimum atomic E-state index is -0.339. The molecular weight excluding hydrogens is 481 g/mol. The number of nitrogens with one attached hydrogen (secondary N) is 1. The Bertz CT molecular complexity index is 1500. The van der Waals surface area contributed by atoms with Crippen LogP contribution in [0.4, 0.5) is 10.2 Å². The lowest BCUT2D eigenvalue weighted by Crippen LogP contribution is -1.95. The summed E-state index contributed by atoms with van der Waals surface area (Å²) in [4.78, 5) is 13.7. The second-order valence-electron chi connectivity index (χ2n) is 7.27. The average molecular weight is 498 g/mol. The van der Waals surface area contributed by atoms with Crippen molar-refractivity contribution in [3.8, 4) is 40.0 Å². The maximum Gasteiger partial charge on any atom is 0.153 e. The summed E-state index contributed by atoms with van der Waals surface area (Å²) in [6.45, 7) is 0. The van der Waals surface area contributed by atoms with Gasteiger partial charge in [0.15, 0.2) is 5.75 Å². The molecule has 3 aromatic heterocycles. The first-order valence-electron chi connectivity index (χ1n) is 10.4. The summed E-state index contributed by atoms with van der Waals surface area (Å²) in [6.07, 6.45) is 4.98. The second kappa shape index (κ2) is 10.3. The monoisotopic (exact) mass is 497 g/mol. The first kappa shape index (κ1) is 22.5. The molecule has 0 unspecified atom stereocenters. The summed E-state index contributed by atoms with van der Waals surface area (Å²) in [5, 5.41) is 11.6. The van der Waals surface area contributed by atoms with Gasteiger partial charge in [-0.2, -0.15) is 5.26 Å². The van der Waals surface area contributed by atoms with Crippen LogP contribution in [0.3, 0.4) is 0 Å². The van der Waals surface area contributed by atoms with E-state index in [1.54, 1.807) is 48.4 Å². The Kier molecular flexibility index (Phi) is 6.66. The van der Waals surface area contributed by atoms with Gasteiger partial charge in [0.25, 0.3) is 0 Å². The normalized spacial score (nSPS) is 10.5. The van der Waals surface area contributed by atoms with Crippen LogP contribution in [0.1, 0.15) is 5.56 Å². The summed E-state index contributed by atoms with van der Waals surface area (Å²) in [5.41, 5.74) is 4.89. The molecule has 5 aromatic rings. The van der Waals surface area contributed by atoms with E-state index in [1.165, 1.54) is 35.4 Å². The average Bonchev–Trinajstić information content (AvgIpc) is 3.42. The SMILES string of the molecule is N#Cc1cc(SNc2cscn2)ccc1Oc1cnc(-c2cccc(F)c2)cc1-c1cccnc1. The van der Waals surface area contributed by atoms with Gasteiger partial charge in [0.1, 0.15) is 23.5 Å². The molecule has 0 aliphatic rings. The molecule has 3 heterocycles. The first-order valence-corrected chi connectivity index (χ1v) is 12.1. The predicted molar refractivity (Wildman–Crippen MR) is 136 cm³/mol. The van der Waals surface area contributed by atoms with Crippen molar-refractivity contribution in [2.75, 3.05) is 4.72 Å². The molecule has 1 N–H and O–H groups in total. The molecule has 0 bridgehead atoms. The largest absolute Gasteiger partial charge is 0.454 e. The number of pyridine rings is 2. The predicted octanol–water partition coefficient (Wildman–Crippen LogP) is 7.19. The van der Waals surface area contributed by atoms with Crippen LogP contribution in [-0.4, -0.2) is 15.0 Å². The number of halogens is 1. The quantitative estimate of drug-likeness (QED) is 0.238. The molecule has 2 aromatic carbocycles. The van der Waals surface area contributed by atoms with E-state index < -0.39 is 0 Å². The Morgan fingerprint density at radius 2 is 1.89 bits per heavy atom. The van der Waals surface area contributed by atoms with E-state index in [0.29, 0.717) is 28.3 Å². The molecule has 0 saturated carbocycles. The van der Waals surface area contributed by atoms with Crippen LogP contribution < -0.4 is 9.46 Å². The van der Waals surface area contributed by atoms with Gasteiger partial charge in [0.2, 0.25) is 0 Å². The first-order chi connectivity index (χ1) is 17.2. The summed E-state index contributed by atoms with van der Waals surface area (Å²) >= 11 is 2.86. The van der Waals surface area contributed by atoms with Gasteiger partial charge in [0, 0.05) is 39.4 Å². The molecule has 0 fully saturated rings. The third-order valence-electron chi connectivity index (χ3n) is 4.96. The van der Waals surface area contributed by atoms with Crippen LogP contribution in [0.2, 0.25) is 0 Å². The summed E-state index contributed by atoms with van der Waals surface area (Å²) in [5.74, 6) is 1.27. The zero-order valence-corrected chi connectivity index (χ0v) is 19.7. The molecule has 0 radical (unpaired) electrons. The van der Waals surface area contributed by atoms with E-state index in [0.717, 1.165) is 21.8 Å². The molecule has 0 aliphatic heterocycles. The smallest absolute Gasteiger partial charge is 0.153 e. The number of hydrogen-bond donors (Lipinski definition) is 1. The molecule has 170 valence electrons. The van der Waals surface area contributed by atoms with Crippen molar-refractivity contribution >= 4 is 29.1 Å². The maximum absolute atomic E-state index is 13.8. The van der Waals surface area contributed by atoms with E-state index in [2.05, 4.69) is 25.7 Å². The second-order valence-corrected chi connectivity index (χ2v) is 8.87. The molecular formula is C26H16FN5OS2. The highest BCUT2D eigenvalue weighted by Crippen LogP contribution is 2.37. The Labute approximate surface area is 209 Å². The fraction of sp³-hybridized carbons (Fsp3) is 0. The lowest BCUT2D eigenvalue weighted by molar-refractivity contribution is 0.480. The molecule has 6 nitrogen and oxygen atoms in total. The number of rotatable bonds is 7. The van der Waals surface area contributed by atoms with Crippen LogP contribution in [0.25, 0.3) is 22.4 Å². The van der Waals surface area contributed by atoms with Crippen molar-refractivity contribution in [3.63, 3.8) is 0 Å². The summed E-state index contributed by atoms with van der Waals surface area (Å²) < 4.78 is 23.1. The Balaban J connectivity index is 1.48. The highest BCUT2D eigenvalue weighted by Gasteiger charge is 2.14. The topological polar surface area (TPSA) is 83.7 Å². The minimum absolute atomic E-state index is 0.339. The van der Waals surface area contributed by atoms with E-state index in [1.807, 2.05) is 29.6 Å². The number of hydrogen-bond acceptors (Lipinski definition) is 8. The zero-order valence-electron chi connectivity index (χ0n) is 18.1. The minimum Gasteiger partial charge on any atom is -0.454 e. The molecule has 0 spiro atoms. The molecule has 0 amide bonds. The third kappa shape index (κ3) is 5.30. The van der Waals surface area contributed by atoms with Crippen molar-refractivity contribution in [3.05, 3.63) is 102 Å². The van der Waals surface area contributed by atoms with Gasteiger partial charge in [-0.1, -0.05) is 18.2 Å². The van der Waals surface area contributed by atoms with E-state index >= 15 is 0 Å². The number of benzene rings is 2. The molecule has 35 heavy (non-hydrogen) atoms. The number of thiazole rings is 1. The fourth-order valence-electron chi connectivity index (χ4n) is 3.32. The lowest BCUT2D eigenvalue weighted by Gasteiger charge is -2.14. The summed E-state index contributed by atoms with van der Waals surface area (Å²) in [6, 6.07) is 19.4. The third-order valence-corrected chi connectivity index (χ3v) is 6.34. The molecule has 0 atom stereocenters. The summed E-state index contributed by atoms with van der Waals surface area (Å²) in [7, 11) is 0. The van der Waals surface area contributed by atoms with Crippen LogP contribution in [0.15, 0.2) is 95.0 Å². The van der Waals surface area contributed by atoms with E-state index in [9.17, 15) is 9.65 Å². The maximum atomic E-state index is 13.8. The van der Waals surface area contributed by atoms with Crippen LogP contribution in [0.5, 0.6) is 11.5 Å². The van der Waals surface area contributed by atoms with E-state index in [4.69, 9.17) is 4.74 Å². The Hall–Kier alpha value is -4.26. The number of ether oxygens (including phenoxy) is 1. The van der Waals surface area contributed by atoms with Crippen LogP contribution in [0, 0.1) is 17.1 Å². The van der Waals surface area contributed by atoms with Gasteiger partial charge in [-0.25, -0.2) is 9.37 Å². The number of anilines is 1. The number of nitrogens with zero attached hydrogens (tertiary/aromatic N) is 4. The molecule has 5 rings (SSSR count). The molecule has 0 saturated heterocycles. The number of aromatic nitrogens is 3.